The molecule has 5 nitrogen and oxygen atoms in total. The summed E-state index contributed by atoms with van der Waals surface area (Å²) in [7, 11) is 0. The molecule has 1 aromatic carbocycles. The van der Waals surface area contributed by atoms with Crippen LogP contribution >= 0.6 is 0 Å². The molecule has 0 unspecified atom stereocenters. The standard InChI is InChI=1S/C11H12N2O3/c12-13-6-9(10(13)14)11(15)16-7-8-4-2-1-3-5-8/h1-5,9H,6-7,12H2/t9-/m0/s1. The Hall–Kier alpha value is -1.88. The van der Waals surface area contributed by atoms with E-state index in [1.807, 2.05) is 30.3 Å². The van der Waals surface area contributed by atoms with Gasteiger partial charge in [0.25, 0.3) is 5.91 Å². The lowest BCUT2D eigenvalue weighted by molar-refractivity contribution is -0.167. The first kappa shape index (κ1) is 10.6. The maximum atomic E-state index is 11.4. The summed E-state index contributed by atoms with van der Waals surface area (Å²) in [6.07, 6.45) is 0. The fourth-order valence-electron chi connectivity index (χ4n) is 1.46. The molecule has 1 heterocycles. The Bertz CT molecular complexity index is 405. The summed E-state index contributed by atoms with van der Waals surface area (Å²) in [6, 6.07) is 9.31. The molecular formula is C11H12N2O3. The van der Waals surface area contributed by atoms with Crippen molar-refractivity contribution in [2.45, 2.75) is 6.61 Å². The van der Waals surface area contributed by atoms with Crippen LogP contribution in [0.15, 0.2) is 30.3 Å². The molecule has 1 aromatic rings. The van der Waals surface area contributed by atoms with Crippen LogP contribution in [-0.2, 0) is 20.9 Å². The number of carbonyl (C=O) groups is 2. The highest BCUT2D eigenvalue weighted by Crippen LogP contribution is 2.15. The molecule has 1 aliphatic heterocycles. The number of nitrogens with zero attached hydrogens (tertiary/aromatic N) is 1. The van der Waals surface area contributed by atoms with Crippen LogP contribution in [0.2, 0.25) is 0 Å². The zero-order valence-electron chi connectivity index (χ0n) is 8.63. The van der Waals surface area contributed by atoms with Crippen molar-refractivity contribution in [3.63, 3.8) is 0 Å². The summed E-state index contributed by atoms with van der Waals surface area (Å²) in [5.74, 6) is 3.64. The smallest absolute Gasteiger partial charge is 0.320 e. The van der Waals surface area contributed by atoms with Crippen LogP contribution in [0.5, 0.6) is 0 Å². The number of benzene rings is 1. The molecule has 0 aliphatic carbocycles. The van der Waals surface area contributed by atoms with Crippen molar-refractivity contribution in [1.82, 2.24) is 5.01 Å². The van der Waals surface area contributed by atoms with E-state index < -0.39 is 11.9 Å². The molecule has 0 bridgehead atoms. The fraction of sp³-hybridized carbons (Fsp3) is 0.273. The Kier molecular flexibility index (Phi) is 2.87. The van der Waals surface area contributed by atoms with Crippen LogP contribution in [0.1, 0.15) is 5.56 Å². The van der Waals surface area contributed by atoms with Gasteiger partial charge in [0, 0.05) is 0 Å². The first-order valence-electron chi connectivity index (χ1n) is 4.95. The van der Waals surface area contributed by atoms with Gasteiger partial charge in [0.1, 0.15) is 6.61 Å². The SMILES string of the molecule is NN1C[C@H](C(=O)OCc2ccccc2)C1=O. The van der Waals surface area contributed by atoms with E-state index >= 15 is 0 Å². The van der Waals surface area contributed by atoms with E-state index in [1.165, 1.54) is 0 Å². The third kappa shape index (κ3) is 2.04. The zero-order valence-corrected chi connectivity index (χ0v) is 8.63. The highest BCUT2D eigenvalue weighted by atomic mass is 16.5. The van der Waals surface area contributed by atoms with E-state index in [2.05, 4.69) is 0 Å². The number of hydrogen-bond acceptors (Lipinski definition) is 4. The average Bonchev–Trinajstić information content (AvgIpc) is 2.33. The minimum Gasteiger partial charge on any atom is -0.460 e. The Morgan fingerprint density at radius 1 is 1.44 bits per heavy atom. The molecule has 1 amide bonds. The summed E-state index contributed by atoms with van der Waals surface area (Å²) >= 11 is 0. The second-order valence-corrected chi connectivity index (χ2v) is 3.64. The van der Waals surface area contributed by atoms with Crippen molar-refractivity contribution in [2.75, 3.05) is 6.54 Å². The predicted molar refractivity (Wildman–Crippen MR) is 55.6 cm³/mol. The molecule has 0 aromatic heterocycles. The van der Waals surface area contributed by atoms with Gasteiger partial charge in [-0.2, -0.15) is 0 Å². The Morgan fingerprint density at radius 3 is 2.69 bits per heavy atom. The molecule has 2 rings (SSSR count). The molecule has 1 atom stereocenters. The quantitative estimate of drug-likeness (QED) is 0.257. The molecule has 1 fully saturated rings. The zero-order chi connectivity index (χ0) is 11.5. The second kappa shape index (κ2) is 4.32. The third-order valence-corrected chi connectivity index (χ3v) is 2.47. The monoisotopic (exact) mass is 220 g/mol. The number of hydrogen-bond donors (Lipinski definition) is 1. The normalized spacial score (nSPS) is 19.2. The van der Waals surface area contributed by atoms with E-state index in [0.29, 0.717) is 0 Å². The molecule has 16 heavy (non-hydrogen) atoms. The summed E-state index contributed by atoms with van der Waals surface area (Å²) in [5, 5.41) is 1.01. The van der Waals surface area contributed by atoms with Gasteiger partial charge in [0.2, 0.25) is 0 Å². The predicted octanol–water partition coefficient (Wildman–Crippen LogP) is 0.0619. The Morgan fingerprint density at radius 2 is 2.12 bits per heavy atom. The van der Waals surface area contributed by atoms with Crippen molar-refractivity contribution in [1.29, 1.82) is 0 Å². The lowest BCUT2D eigenvalue weighted by Crippen LogP contribution is -2.59. The van der Waals surface area contributed by atoms with Gasteiger partial charge < -0.3 is 4.74 Å². The number of carbonyl (C=O) groups excluding carboxylic acids is 2. The molecule has 84 valence electrons. The van der Waals surface area contributed by atoms with Gasteiger partial charge in [-0.1, -0.05) is 30.3 Å². The highest BCUT2D eigenvalue weighted by Gasteiger charge is 2.41. The van der Waals surface area contributed by atoms with Gasteiger partial charge in [0.05, 0.1) is 6.54 Å². The molecule has 2 N–H and O–H groups in total. The van der Waals surface area contributed by atoms with Crippen LogP contribution in [0, 0.1) is 5.92 Å². The van der Waals surface area contributed by atoms with Gasteiger partial charge in [-0.05, 0) is 5.56 Å². The van der Waals surface area contributed by atoms with Crippen LogP contribution in [0.4, 0.5) is 0 Å². The molecule has 5 heteroatoms. The largest absolute Gasteiger partial charge is 0.460 e. The first-order valence-corrected chi connectivity index (χ1v) is 4.95. The minimum atomic E-state index is -0.714. The van der Waals surface area contributed by atoms with Crippen molar-refractivity contribution in [3.05, 3.63) is 35.9 Å². The average molecular weight is 220 g/mol. The molecule has 0 spiro atoms. The topological polar surface area (TPSA) is 72.6 Å². The van der Waals surface area contributed by atoms with Crippen LogP contribution in [0.3, 0.4) is 0 Å². The second-order valence-electron chi connectivity index (χ2n) is 3.64. The number of esters is 1. The molecule has 0 radical (unpaired) electrons. The van der Waals surface area contributed by atoms with Crippen molar-refractivity contribution >= 4 is 11.9 Å². The van der Waals surface area contributed by atoms with Gasteiger partial charge in [-0.25, -0.2) is 5.84 Å². The van der Waals surface area contributed by atoms with Gasteiger partial charge in [0.15, 0.2) is 5.92 Å². The number of ether oxygens (including phenoxy) is 1. The summed E-state index contributed by atoms with van der Waals surface area (Å²) < 4.78 is 5.01. The van der Waals surface area contributed by atoms with E-state index in [1.54, 1.807) is 0 Å². The maximum absolute atomic E-state index is 11.4. The summed E-state index contributed by atoms with van der Waals surface area (Å²) in [5.41, 5.74) is 0.896. The summed E-state index contributed by atoms with van der Waals surface area (Å²) in [4.78, 5) is 22.5. The van der Waals surface area contributed by atoms with Crippen molar-refractivity contribution in [2.24, 2.45) is 11.8 Å². The lowest BCUT2D eigenvalue weighted by Gasteiger charge is -2.32. The molecule has 0 saturated carbocycles. The Balaban J connectivity index is 1.83. The third-order valence-electron chi connectivity index (χ3n) is 2.47. The molecule has 1 aliphatic rings. The number of hydrazine groups is 1. The van der Waals surface area contributed by atoms with E-state index in [0.717, 1.165) is 10.6 Å². The molecule has 1 saturated heterocycles. The van der Waals surface area contributed by atoms with Crippen molar-refractivity contribution in [3.8, 4) is 0 Å². The number of amides is 1. The number of β-lactam (4-membered cyclic amide) rings is 1. The van der Waals surface area contributed by atoms with Gasteiger partial charge in [-0.3, -0.25) is 14.6 Å². The fourth-order valence-corrected chi connectivity index (χ4v) is 1.46. The van der Waals surface area contributed by atoms with Crippen molar-refractivity contribution < 1.29 is 14.3 Å². The van der Waals surface area contributed by atoms with Gasteiger partial charge in [-0.15, -0.1) is 0 Å². The lowest BCUT2D eigenvalue weighted by atomic mass is 10.0. The number of nitrogens with two attached hydrogens (primary N) is 1. The first-order chi connectivity index (χ1) is 7.68. The van der Waals surface area contributed by atoms with E-state index in [9.17, 15) is 9.59 Å². The minimum absolute atomic E-state index is 0.189. The van der Waals surface area contributed by atoms with Crippen LogP contribution < -0.4 is 5.84 Å². The molecular weight excluding hydrogens is 208 g/mol. The van der Waals surface area contributed by atoms with E-state index in [-0.39, 0.29) is 19.1 Å². The van der Waals surface area contributed by atoms with E-state index in [4.69, 9.17) is 10.6 Å². The number of rotatable bonds is 3. The Labute approximate surface area is 92.8 Å². The van der Waals surface area contributed by atoms with Gasteiger partial charge >= 0.3 is 5.97 Å². The van der Waals surface area contributed by atoms with Crippen LogP contribution in [0.25, 0.3) is 0 Å². The summed E-state index contributed by atoms with van der Waals surface area (Å²) in [6.45, 7) is 0.431. The van der Waals surface area contributed by atoms with Crippen LogP contribution in [-0.4, -0.2) is 23.4 Å². The maximum Gasteiger partial charge on any atom is 0.320 e. The highest BCUT2D eigenvalue weighted by molar-refractivity contribution is 6.02.